The molecular weight excluding hydrogens is 721 g/mol. The van der Waals surface area contributed by atoms with E-state index in [1.165, 1.54) is 38.2 Å². The predicted octanol–water partition coefficient (Wildman–Crippen LogP) is 13.5. The van der Waals surface area contributed by atoms with Crippen molar-refractivity contribution < 1.29 is 4.42 Å². The highest BCUT2D eigenvalue weighted by Crippen LogP contribution is 2.42. The van der Waals surface area contributed by atoms with Crippen molar-refractivity contribution in [2.75, 3.05) is 0 Å². The topological polar surface area (TPSA) is 68.8 Å². The number of aromatic nitrogens is 1. The summed E-state index contributed by atoms with van der Waals surface area (Å²) >= 11 is 0. The van der Waals surface area contributed by atoms with Crippen LogP contribution in [0.15, 0.2) is 215 Å². The highest BCUT2D eigenvalue weighted by molar-refractivity contribution is 6.22. The lowest BCUT2D eigenvalue weighted by Gasteiger charge is -2.13. The maximum atomic E-state index is 6.73. The number of aliphatic imine (C=N–C) groups is 2. The van der Waals surface area contributed by atoms with Crippen molar-refractivity contribution in [3.8, 4) is 16.8 Å². The molecule has 9 aromatic carbocycles. The van der Waals surface area contributed by atoms with Gasteiger partial charge in [0, 0.05) is 55.4 Å². The zero-order chi connectivity index (χ0) is 39.5. The Morgan fingerprint density at radius 1 is 0.475 bits per heavy atom. The molecule has 2 heterocycles. The van der Waals surface area contributed by atoms with Crippen LogP contribution in [0.5, 0.6) is 0 Å². The molecule has 11 rings (SSSR count). The van der Waals surface area contributed by atoms with E-state index in [0.29, 0.717) is 17.4 Å². The van der Waals surface area contributed by atoms with Crippen LogP contribution in [0.25, 0.3) is 87.8 Å². The summed E-state index contributed by atoms with van der Waals surface area (Å²) in [5.41, 5.74) is 16.9. The molecule has 0 saturated heterocycles. The molecule has 0 aliphatic rings. The molecule has 5 nitrogen and oxygen atoms in total. The maximum Gasteiger partial charge on any atom is 0.162 e. The molecule has 0 spiro atoms. The Kier molecular flexibility index (Phi) is 8.05. The number of furan rings is 1. The van der Waals surface area contributed by atoms with Crippen LogP contribution in [0.2, 0.25) is 0 Å². The van der Waals surface area contributed by atoms with E-state index in [1.54, 1.807) is 0 Å². The van der Waals surface area contributed by atoms with Gasteiger partial charge in [-0.25, -0.2) is 9.98 Å². The molecule has 0 unspecified atom stereocenters. The quantitative estimate of drug-likeness (QED) is 0.136. The zero-order valence-electron chi connectivity index (χ0n) is 32.0. The van der Waals surface area contributed by atoms with E-state index in [1.807, 2.05) is 60.7 Å². The fourth-order valence-electron chi connectivity index (χ4n) is 8.49. The highest BCUT2D eigenvalue weighted by atomic mass is 16.3. The molecule has 0 aliphatic heterocycles. The van der Waals surface area contributed by atoms with E-state index in [9.17, 15) is 0 Å². The number of benzene rings is 9. The lowest BCUT2D eigenvalue weighted by atomic mass is 9.95. The van der Waals surface area contributed by atoms with Crippen molar-refractivity contribution in [2.24, 2.45) is 15.7 Å². The van der Waals surface area contributed by atoms with E-state index in [2.05, 4.69) is 145 Å². The van der Waals surface area contributed by atoms with Crippen LogP contribution in [0, 0.1) is 0 Å². The first-order valence-electron chi connectivity index (χ1n) is 19.7. The van der Waals surface area contributed by atoms with Gasteiger partial charge >= 0.3 is 0 Å². The van der Waals surface area contributed by atoms with Crippen molar-refractivity contribution in [1.29, 1.82) is 0 Å². The van der Waals surface area contributed by atoms with Crippen LogP contribution in [0.3, 0.4) is 0 Å². The summed E-state index contributed by atoms with van der Waals surface area (Å²) < 4.78 is 9.11. The minimum Gasteiger partial charge on any atom is -0.456 e. The first kappa shape index (κ1) is 34.2. The second kappa shape index (κ2) is 13.9. The Morgan fingerprint density at radius 3 is 1.93 bits per heavy atom. The average molecular weight is 757 g/mol. The monoisotopic (exact) mass is 756 g/mol. The van der Waals surface area contributed by atoms with E-state index in [-0.39, 0.29) is 0 Å². The number of rotatable bonds is 6. The van der Waals surface area contributed by atoms with Gasteiger partial charge in [0.2, 0.25) is 0 Å². The third kappa shape index (κ3) is 5.87. The SMILES string of the molecule is C=C(N=C(N=C(N)c1ccccc1)c1ccc2c(c1)oc1cc(-n3c4ccccc4c4cc(-c5ccccc5)c5ccccc5c43)ccc12)c1ccc2ccccc2c1. The van der Waals surface area contributed by atoms with Gasteiger partial charge in [0.15, 0.2) is 5.84 Å². The van der Waals surface area contributed by atoms with E-state index >= 15 is 0 Å². The number of hydrogen-bond donors (Lipinski definition) is 1. The van der Waals surface area contributed by atoms with Crippen LogP contribution in [-0.4, -0.2) is 16.2 Å². The summed E-state index contributed by atoms with van der Waals surface area (Å²) in [4.78, 5) is 9.92. The number of nitrogens with zero attached hydrogens (tertiary/aromatic N) is 3. The molecule has 0 fully saturated rings. The van der Waals surface area contributed by atoms with Crippen molar-refractivity contribution in [2.45, 2.75) is 0 Å². The molecule has 0 saturated carbocycles. The zero-order valence-corrected chi connectivity index (χ0v) is 32.0. The Bertz CT molecular complexity index is 3520. The fraction of sp³-hybridized carbons (Fsp3) is 0. The van der Waals surface area contributed by atoms with Gasteiger partial charge in [-0.2, -0.15) is 0 Å². The molecule has 0 amide bonds. The number of fused-ring (bicyclic) bond motifs is 9. The molecular formula is C54H36N4O. The molecule has 59 heavy (non-hydrogen) atoms. The summed E-state index contributed by atoms with van der Waals surface area (Å²) in [6.07, 6.45) is 0. The number of amidine groups is 2. The van der Waals surface area contributed by atoms with Gasteiger partial charge in [-0.1, -0.05) is 152 Å². The normalized spacial score (nSPS) is 12.4. The van der Waals surface area contributed by atoms with Crippen LogP contribution >= 0.6 is 0 Å². The predicted molar refractivity (Wildman–Crippen MR) is 248 cm³/mol. The molecule has 0 radical (unpaired) electrons. The Balaban J connectivity index is 1.06. The van der Waals surface area contributed by atoms with E-state index in [0.717, 1.165) is 60.6 Å². The smallest absolute Gasteiger partial charge is 0.162 e. The van der Waals surface area contributed by atoms with Crippen LogP contribution in [0.1, 0.15) is 16.7 Å². The van der Waals surface area contributed by atoms with Gasteiger partial charge in [-0.05, 0) is 69.8 Å². The Morgan fingerprint density at radius 2 is 1.12 bits per heavy atom. The van der Waals surface area contributed by atoms with Gasteiger partial charge < -0.3 is 14.7 Å². The fourth-order valence-corrected chi connectivity index (χ4v) is 8.49. The highest BCUT2D eigenvalue weighted by Gasteiger charge is 2.19. The molecule has 2 aromatic heterocycles. The lowest BCUT2D eigenvalue weighted by molar-refractivity contribution is 0.668. The van der Waals surface area contributed by atoms with Crippen LogP contribution < -0.4 is 5.73 Å². The molecule has 2 N–H and O–H groups in total. The second-order valence-corrected chi connectivity index (χ2v) is 14.9. The van der Waals surface area contributed by atoms with Crippen molar-refractivity contribution in [3.63, 3.8) is 0 Å². The first-order chi connectivity index (χ1) is 29.1. The maximum absolute atomic E-state index is 6.73. The van der Waals surface area contributed by atoms with Crippen LogP contribution in [-0.2, 0) is 0 Å². The molecule has 5 heteroatoms. The summed E-state index contributed by atoms with van der Waals surface area (Å²) in [6.45, 7) is 4.37. The summed E-state index contributed by atoms with van der Waals surface area (Å²) in [5, 5.41) is 9.12. The van der Waals surface area contributed by atoms with E-state index < -0.39 is 0 Å². The van der Waals surface area contributed by atoms with Gasteiger partial charge in [0.1, 0.15) is 17.0 Å². The first-order valence-corrected chi connectivity index (χ1v) is 19.7. The minimum atomic E-state index is 0.361. The van der Waals surface area contributed by atoms with Gasteiger partial charge in [0.25, 0.3) is 0 Å². The molecule has 11 aromatic rings. The van der Waals surface area contributed by atoms with Crippen molar-refractivity contribution >= 4 is 82.7 Å². The largest absolute Gasteiger partial charge is 0.456 e. The molecule has 0 aliphatic carbocycles. The van der Waals surface area contributed by atoms with E-state index in [4.69, 9.17) is 20.1 Å². The molecule has 0 bridgehead atoms. The number of para-hydroxylation sites is 1. The lowest BCUT2D eigenvalue weighted by Crippen LogP contribution is -2.16. The third-order valence-corrected chi connectivity index (χ3v) is 11.4. The number of hydrogen-bond acceptors (Lipinski definition) is 2. The van der Waals surface area contributed by atoms with Crippen LogP contribution in [0.4, 0.5) is 0 Å². The van der Waals surface area contributed by atoms with Crippen molar-refractivity contribution in [3.05, 3.63) is 217 Å². The number of nitrogens with two attached hydrogens (primary N) is 1. The van der Waals surface area contributed by atoms with Crippen molar-refractivity contribution in [1.82, 2.24) is 4.57 Å². The Hall–Kier alpha value is -8.02. The molecule has 278 valence electrons. The van der Waals surface area contributed by atoms with Gasteiger partial charge in [0.05, 0.1) is 16.7 Å². The standard InChI is InChI=1S/C54H36N4O/c1-34(38-25-24-35-14-8-9-19-39(35)30-38)56-54(57-53(55)37-17-6-3-7-18-37)40-26-28-44-45-29-27-41(32-51(45)59-50(44)31-40)58-49-23-13-12-21-43(49)48-33-47(36-15-4-2-5-16-36)42-20-10-11-22-46(42)52(48)58/h2-33H,1H2,(H2,55,56,57). The minimum absolute atomic E-state index is 0.361. The summed E-state index contributed by atoms with van der Waals surface area (Å²) in [6, 6.07) is 67.2. The van der Waals surface area contributed by atoms with Gasteiger partial charge in [-0.3, -0.25) is 0 Å². The summed E-state index contributed by atoms with van der Waals surface area (Å²) in [7, 11) is 0. The van der Waals surface area contributed by atoms with Gasteiger partial charge in [-0.15, -0.1) is 0 Å². The summed E-state index contributed by atoms with van der Waals surface area (Å²) in [5.74, 6) is 0.805. The third-order valence-electron chi connectivity index (χ3n) is 11.4. The Labute approximate surface area is 340 Å². The second-order valence-electron chi connectivity index (χ2n) is 14.9. The molecule has 0 atom stereocenters. The average Bonchev–Trinajstić information content (AvgIpc) is 3.83.